The normalized spacial score (nSPS) is 10.3. The van der Waals surface area contributed by atoms with Crippen molar-refractivity contribution in [3.8, 4) is 5.69 Å². The zero-order valence-electron chi connectivity index (χ0n) is 10.1. The second-order valence-electron chi connectivity index (χ2n) is 3.68. The molecule has 0 aliphatic rings. The van der Waals surface area contributed by atoms with E-state index >= 15 is 0 Å². The third-order valence-electron chi connectivity index (χ3n) is 2.31. The number of aryl methyl sites for hydroxylation is 1. The molecule has 0 radical (unpaired) electrons. The monoisotopic (exact) mass is 311 g/mol. The molecule has 0 atom stereocenters. The SMILES string of the molecule is CCOC(=O)c1nn(-c2ccc(C)cc2)c(=N)[se]1. The van der Waals surface area contributed by atoms with Crippen molar-refractivity contribution in [1.82, 2.24) is 9.78 Å². The number of rotatable bonds is 3. The van der Waals surface area contributed by atoms with Crippen molar-refractivity contribution in [2.24, 2.45) is 0 Å². The average Bonchev–Trinajstić information content (AvgIpc) is 2.73. The molecule has 1 aromatic heterocycles. The van der Waals surface area contributed by atoms with Crippen LogP contribution in [0.5, 0.6) is 0 Å². The Labute approximate surface area is 110 Å². The maximum absolute atomic E-state index is 11.6. The van der Waals surface area contributed by atoms with Crippen LogP contribution < -0.4 is 4.36 Å². The molecule has 18 heavy (non-hydrogen) atoms. The molecule has 2 aromatic rings. The molecule has 0 aliphatic carbocycles. The molecule has 0 amide bonds. The van der Waals surface area contributed by atoms with E-state index in [1.54, 1.807) is 6.92 Å². The van der Waals surface area contributed by atoms with Crippen molar-refractivity contribution in [3.05, 3.63) is 38.8 Å². The molecule has 2 rings (SSSR count). The van der Waals surface area contributed by atoms with Gasteiger partial charge in [0.05, 0.1) is 0 Å². The van der Waals surface area contributed by atoms with Gasteiger partial charge in [0.25, 0.3) is 0 Å². The summed E-state index contributed by atoms with van der Waals surface area (Å²) in [5.41, 5.74) is 1.94. The third kappa shape index (κ3) is 2.60. The van der Waals surface area contributed by atoms with Gasteiger partial charge in [-0.1, -0.05) is 0 Å². The fourth-order valence-electron chi connectivity index (χ4n) is 1.43. The number of carbonyl (C=O) groups excluding carboxylic acids is 1. The van der Waals surface area contributed by atoms with Crippen molar-refractivity contribution in [2.45, 2.75) is 13.8 Å². The number of ether oxygens (including phenoxy) is 1. The summed E-state index contributed by atoms with van der Waals surface area (Å²) in [6.07, 6.45) is 0. The Balaban J connectivity index is 2.38. The maximum atomic E-state index is 11.6. The first-order chi connectivity index (χ1) is 8.61. The zero-order chi connectivity index (χ0) is 13.1. The molecule has 6 heteroatoms. The van der Waals surface area contributed by atoms with Gasteiger partial charge in [-0.05, 0) is 0 Å². The van der Waals surface area contributed by atoms with Gasteiger partial charge in [-0.25, -0.2) is 0 Å². The second-order valence-corrected chi connectivity index (χ2v) is 5.73. The topological polar surface area (TPSA) is 68.0 Å². The molecule has 0 unspecified atom stereocenters. The minimum absolute atomic E-state index is 0.325. The summed E-state index contributed by atoms with van der Waals surface area (Å²) in [6, 6.07) is 7.68. The first-order valence-electron chi connectivity index (χ1n) is 5.50. The molecule has 1 aromatic carbocycles. The van der Waals surface area contributed by atoms with E-state index < -0.39 is 5.97 Å². The van der Waals surface area contributed by atoms with E-state index in [0.29, 0.717) is 15.5 Å². The van der Waals surface area contributed by atoms with Gasteiger partial charge in [0.1, 0.15) is 0 Å². The first-order valence-corrected chi connectivity index (χ1v) is 7.22. The van der Waals surface area contributed by atoms with Crippen LogP contribution in [0.25, 0.3) is 5.69 Å². The van der Waals surface area contributed by atoms with Gasteiger partial charge in [0.15, 0.2) is 0 Å². The van der Waals surface area contributed by atoms with Crippen molar-refractivity contribution < 1.29 is 9.53 Å². The molecule has 0 aliphatic heterocycles. The fraction of sp³-hybridized carbons (Fsp3) is 0.250. The second kappa shape index (κ2) is 5.33. The molecule has 5 nitrogen and oxygen atoms in total. The summed E-state index contributed by atoms with van der Waals surface area (Å²) in [6.45, 7) is 4.08. The Bertz CT molecular complexity index is 613. The predicted octanol–water partition coefficient (Wildman–Crippen LogP) is 0.894. The molecular weight excluding hydrogens is 297 g/mol. The Morgan fingerprint density at radius 2 is 2.11 bits per heavy atom. The van der Waals surface area contributed by atoms with Crippen LogP contribution in [0.1, 0.15) is 21.8 Å². The molecular formula is C12H13N3O2Se. The van der Waals surface area contributed by atoms with Crippen LogP contribution in [0.2, 0.25) is 0 Å². The van der Waals surface area contributed by atoms with Crippen molar-refractivity contribution in [1.29, 1.82) is 5.41 Å². The quantitative estimate of drug-likeness (QED) is 0.676. The van der Waals surface area contributed by atoms with Gasteiger partial charge in [-0.15, -0.1) is 0 Å². The van der Waals surface area contributed by atoms with Crippen molar-refractivity contribution in [3.63, 3.8) is 0 Å². The van der Waals surface area contributed by atoms with E-state index in [1.165, 1.54) is 4.68 Å². The molecule has 0 fully saturated rings. The first kappa shape index (κ1) is 12.8. The molecule has 94 valence electrons. The van der Waals surface area contributed by atoms with E-state index in [0.717, 1.165) is 11.3 Å². The molecule has 0 spiro atoms. The summed E-state index contributed by atoms with van der Waals surface area (Å²) in [4.78, 5) is 11.6. The Kier molecular flexibility index (Phi) is 3.79. The van der Waals surface area contributed by atoms with E-state index in [4.69, 9.17) is 10.1 Å². The summed E-state index contributed by atoms with van der Waals surface area (Å²) >= 11 is -0.378. The number of nitrogens with one attached hydrogen (secondary N) is 1. The van der Waals surface area contributed by atoms with Crippen molar-refractivity contribution in [2.75, 3.05) is 6.61 Å². The Hall–Kier alpha value is -1.65. The van der Waals surface area contributed by atoms with Crippen molar-refractivity contribution >= 4 is 20.5 Å². The molecule has 0 saturated carbocycles. The molecule has 1 heterocycles. The van der Waals surface area contributed by atoms with Gasteiger partial charge in [0.2, 0.25) is 0 Å². The molecule has 1 N–H and O–H groups in total. The Morgan fingerprint density at radius 1 is 1.44 bits per heavy atom. The van der Waals surface area contributed by atoms with E-state index in [2.05, 4.69) is 5.10 Å². The summed E-state index contributed by atoms with van der Waals surface area (Å²) in [5, 5.41) is 12.1. The number of hydrogen-bond acceptors (Lipinski definition) is 4. The number of carbonyl (C=O) groups is 1. The average molecular weight is 310 g/mol. The fourth-order valence-corrected chi connectivity index (χ4v) is 2.86. The standard InChI is InChI=1S/C12H13N3O2Se/c1-3-17-11(16)10-14-15(12(13)18-10)9-6-4-8(2)5-7-9/h4-7,13H,3H2,1-2H3. The van der Waals surface area contributed by atoms with Gasteiger partial charge in [0, 0.05) is 0 Å². The molecule has 0 bridgehead atoms. The Morgan fingerprint density at radius 3 is 2.72 bits per heavy atom. The minimum atomic E-state index is -0.420. The van der Waals surface area contributed by atoms with Crippen LogP contribution in [0.4, 0.5) is 0 Å². The number of aromatic nitrogens is 2. The van der Waals surface area contributed by atoms with Crippen LogP contribution in [0.3, 0.4) is 0 Å². The van der Waals surface area contributed by atoms with Crippen LogP contribution >= 0.6 is 0 Å². The van der Waals surface area contributed by atoms with Gasteiger partial charge < -0.3 is 0 Å². The van der Waals surface area contributed by atoms with Gasteiger partial charge >= 0.3 is 110 Å². The van der Waals surface area contributed by atoms with E-state index in [9.17, 15) is 4.79 Å². The predicted molar refractivity (Wildman–Crippen MR) is 67.1 cm³/mol. The van der Waals surface area contributed by atoms with Crippen LogP contribution in [0.15, 0.2) is 24.3 Å². The number of esters is 1. The zero-order valence-corrected chi connectivity index (χ0v) is 11.8. The van der Waals surface area contributed by atoms with Gasteiger partial charge in [-0.2, -0.15) is 0 Å². The van der Waals surface area contributed by atoms with Gasteiger partial charge in [-0.3, -0.25) is 0 Å². The summed E-state index contributed by atoms with van der Waals surface area (Å²) in [7, 11) is 0. The number of benzene rings is 1. The van der Waals surface area contributed by atoms with E-state index in [1.807, 2.05) is 31.2 Å². The molecule has 0 saturated heterocycles. The number of nitrogens with zero attached hydrogens (tertiary/aromatic N) is 2. The van der Waals surface area contributed by atoms with Crippen LogP contribution in [-0.2, 0) is 4.74 Å². The van der Waals surface area contributed by atoms with Crippen LogP contribution in [-0.4, -0.2) is 36.9 Å². The third-order valence-corrected chi connectivity index (χ3v) is 4.00. The summed E-state index contributed by atoms with van der Waals surface area (Å²) in [5.74, 6) is -0.420. The number of hydrogen-bond donors (Lipinski definition) is 1. The summed E-state index contributed by atoms with van der Waals surface area (Å²) < 4.78 is 7.08. The van der Waals surface area contributed by atoms with Crippen LogP contribution in [0, 0.1) is 12.3 Å². The van der Waals surface area contributed by atoms with E-state index in [-0.39, 0.29) is 14.5 Å².